The summed E-state index contributed by atoms with van der Waals surface area (Å²) in [7, 11) is 0. The second-order valence-electron chi connectivity index (χ2n) is 8.14. The number of benzene rings is 1. The minimum absolute atomic E-state index is 0.120. The molecule has 1 unspecified atom stereocenters. The first-order valence-electron chi connectivity index (χ1n) is 9.33. The molecule has 1 aromatic carbocycles. The Kier molecular flexibility index (Phi) is 7.39. The van der Waals surface area contributed by atoms with Crippen LogP contribution in [-0.2, 0) is 11.2 Å². The van der Waals surface area contributed by atoms with E-state index in [4.69, 9.17) is 0 Å². The number of rotatable bonds is 8. The molecule has 0 aromatic heterocycles. The van der Waals surface area contributed by atoms with E-state index in [9.17, 15) is 9.90 Å². The number of carbonyl (C=O) groups is 1. The number of aryl methyl sites for hydroxylation is 1. The van der Waals surface area contributed by atoms with E-state index in [1.165, 1.54) is 5.56 Å². The molecule has 0 amide bonds. The maximum atomic E-state index is 11.7. The van der Waals surface area contributed by atoms with Crippen LogP contribution in [0, 0.1) is 5.41 Å². The standard InChI is InChI=1S/C22H31NO2S/c1-17(12-13-18-9-6-5-7-10-18)26-20-19(21(24)25)11-8-15-23(20)16-14-22(2,3)4/h5-11,15,17,20H,12-14,16H2,1-4H3,(H,24,25)/t17-,20?/m1/s1. The topological polar surface area (TPSA) is 40.5 Å². The second-order valence-corrected chi connectivity index (χ2v) is 9.66. The normalized spacial score (nSPS) is 18.5. The Hall–Kier alpha value is -1.68. The van der Waals surface area contributed by atoms with Gasteiger partial charge < -0.3 is 10.0 Å². The van der Waals surface area contributed by atoms with E-state index in [0.717, 1.165) is 25.8 Å². The molecule has 0 fully saturated rings. The zero-order valence-corrected chi connectivity index (χ0v) is 17.1. The molecule has 1 aliphatic rings. The van der Waals surface area contributed by atoms with Crippen molar-refractivity contribution < 1.29 is 9.90 Å². The largest absolute Gasteiger partial charge is 0.478 e. The van der Waals surface area contributed by atoms with Gasteiger partial charge in [-0.05, 0) is 42.4 Å². The molecule has 1 aliphatic heterocycles. The molecule has 0 bridgehead atoms. The van der Waals surface area contributed by atoms with Crippen molar-refractivity contribution in [2.24, 2.45) is 5.41 Å². The minimum Gasteiger partial charge on any atom is -0.478 e. The van der Waals surface area contributed by atoms with E-state index < -0.39 is 5.97 Å². The van der Waals surface area contributed by atoms with Gasteiger partial charge in [0.05, 0.1) is 5.57 Å². The summed E-state index contributed by atoms with van der Waals surface area (Å²) in [6.45, 7) is 9.73. The Bertz CT molecular complexity index is 646. The molecule has 142 valence electrons. The van der Waals surface area contributed by atoms with Crippen molar-refractivity contribution in [2.45, 2.75) is 57.6 Å². The summed E-state index contributed by atoms with van der Waals surface area (Å²) < 4.78 is 0. The summed E-state index contributed by atoms with van der Waals surface area (Å²) in [6, 6.07) is 10.5. The van der Waals surface area contributed by atoms with Gasteiger partial charge in [0.15, 0.2) is 0 Å². The van der Waals surface area contributed by atoms with Crippen molar-refractivity contribution in [1.82, 2.24) is 4.90 Å². The van der Waals surface area contributed by atoms with E-state index in [1.807, 2.05) is 18.3 Å². The van der Waals surface area contributed by atoms with Crippen LogP contribution >= 0.6 is 11.8 Å². The Morgan fingerprint density at radius 2 is 1.96 bits per heavy atom. The number of carboxylic acid groups (broad SMARTS) is 1. The van der Waals surface area contributed by atoms with Gasteiger partial charge in [-0.15, -0.1) is 11.8 Å². The van der Waals surface area contributed by atoms with Crippen LogP contribution in [0.5, 0.6) is 0 Å². The molecule has 26 heavy (non-hydrogen) atoms. The van der Waals surface area contributed by atoms with Crippen molar-refractivity contribution in [3.05, 3.63) is 59.8 Å². The van der Waals surface area contributed by atoms with Crippen molar-refractivity contribution in [2.75, 3.05) is 6.54 Å². The van der Waals surface area contributed by atoms with E-state index in [-0.39, 0.29) is 10.8 Å². The Balaban J connectivity index is 2.00. The van der Waals surface area contributed by atoms with Crippen LogP contribution in [0.2, 0.25) is 0 Å². The van der Waals surface area contributed by atoms with Crippen LogP contribution in [0.3, 0.4) is 0 Å². The average Bonchev–Trinajstić information content (AvgIpc) is 2.59. The first kappa shape index (κ1) is 20.6. The summed E-state index contributed by atoms with van der Waals surface area (Å²) in [6.07, 6.45) is 8.73. The number of allylic oxidation sites excluding steroid dienone is 2. The van der Waals surface area contributed by atoms with Crippen LogP contribution in [-0.4, -0.2) is 33.1 Å². The molecule has 3 nitrogen and oxygen atoms in total. The van der Waals surface area contributed by atoms with Crippen LogP contribution in [0.4, 0.5) is 0 Å². The number of thioether (sulfide) groups is 1. The Morgan fingerprint density at radius 1 is 1.27 bits per heavy atom. The van der Waals surface area contributed by atoms with Gasteiger partial charge in [-0.3, -0.25) is 0 Å². The fourth-order valence-corrected chi connectivity index (χ4v) is 4.24. The van der Waals surface area contributed by atoms with Crippen molar-refractivity contribution in [3.63, 3.8) is 0 Å². The van der Waals surface area contributed by atoms with Gasteiger partial charge in [0, 0.05) is 18.0 Å². The van der Waals surface area contributed by atoms with E-state index in [2.05, 4.69) is 56.9 Å². The smallest absolute Gasteiger partial charge is 0.334 e. The van der Waals surface area contributed by atoms with Gasteiger partial charge in [-0.1, -0.05) is 58.0 Å². The lowest BCUT2D eigenvalue weighted by atomic mass is 9.92. The first-order valence-corrected chi connectivity index (χ1v) is 10.3. The predicted molar refractivity (Wildman–Crippen MR) is 111 cm³/mol. The summed E-state index contributed by atoms with van der Waals surface area (Å²) in [5, 5.41) is 9.89. The summed E-state index contributed by atoms with van der Waals surface area (Å²) >= 11 is 1.76. The number of hydrogen-bond acceptors (Lipinski definition) is 3. The monoisotopic (exact) mass is 373 g/mol. The highest BCUT2D eigenvalue weighted by molar-refractivity contribution is 8.00. The average molecular weight is 374 g/mol. The maximum absolute atomic E-state index is 11.7. The molecule has 1 aromatic rings. The quantitative estimate of drug-likeness (QED) is 0.667. The molecule has 0 saturated carbocycles. The Morgan fingerprint density at radius 3 is 2.58 bits per heavy atom. The van der Waals surface area contributed by atoms with Crippen LogP contribution in [0.25, 0.3) is 0 Å². The highest BCUT2D eigenvalue weighted by atomic mass is 32.2. The zero-order chi connectivity index (χ0) is 19.2. The molecule has 0 spiro atoms. The lowest BCUT2D eigenvalue weighted by molar-refractivity contribution is -0.133. The lowest BCUT2D eigenvalue weighted by Crippen LogP contribution is -2.37. The molecule has 0 radical (unpaired) electrons. The number of carboxylic acids is 1. The predicted octanol–water partition coefficient (Wildman–Crippen LogP) is 5.34. The van der Waals surface area contributed by atoms with Gasteiger partial charge in [-0.25, -0.2) is 4.79 Å². The van der Waals surface area contributed by atoms with Gasteiger partial charge in [0.25, 0.3) is 0 Å². The molecular formula is C22H31NO2S. The molecule has 1 N–H and O–H groups in total. The fraction of sp³-hybridized carbons (Fsp3) is 0.500. The minimum atomic E-state index is -0.817. The lowest BCUT2D eigenvalue weighted by Gasteiger charge is -2.36. The highest BCUT2D eigenvalue weighted by Crippen LogP contribution is 2.33. The van der Waals surface area contributed by atoms with E-state index >= 15 is 0 Å². The molecule has 1 heterocycles. The van der Waals surface area contributed by atoms with Crippen LogP contribution in [0.15, 0.2) is 54.3 Å². The third kappa shape index (κ3) is 6.56. The molecule has 0 aliphatic carbocycles. The van der Waals surface area contributed by atoms with Crippen molar-refractivity contribution in [1.29, 1.82) is 0 Å². The van der Waals surface area contributed by atoms with Gasteiger partial charge >= 0.3 is 5.97 Å². The Labute approximate surface area is 162 Å². The summed E-state index contributed by atoms with van der Waals surface area (Å²) in [5.41, 5.74) is 2.05. The molecule has 2 atom stereocenters. The van der Waals surface area contributed by atoms with E-state index in [0.29, 0.717) is 10.8 Å². The number of hydrogen-bond donors (Lipinski definition) is 1. The zero-order valence-electron chi connectivity index (χ0n) is 16.3. The number of nitrogens with zero attached hydrogens (tertiary/aromatic N) is 1. The molecule has 4 heteroatoms. The second kappa shape index (κ2) is 9.31. The molecular weight excluding hydrogens is 342 g/mol. The highest BCUT2D eigenvalue weighted by Gasteiger charge is 2.29. The van der Waals surface area contributed by atoms with Crippen LogP contribution in [0.1, 0.15) is 46.1 Å². The SMILES string of the molecule is C[C@H](CCc1ccccc1)SC1C(C(=O)O)=CC=CN1CCC(C)(C)C. The van der Waals surface area contributed by atoms with Gasteiger partial charge in [0.1, 0.15) is 5.37 Å². The summed E-state index contributed by atoms with van der Waals surface area (Å²) in [4.78, 5) is 13.9. The molecule has 0 saturated heterocycles. The third-order valence-electron chi connectivity index (χ3n) is 4.53. The van der Waals surface area contributed by atoms with E-state index in [1.54, 1.807) is 17.8 Å². The first-order chi connectivity index (χ1) is 12.3. The maximum Gasteiger partial charge on any atom is 0.334 e. The van der Waals surface area contributed by atoms with Gasteiger partial charge in [-0.2, -0.15) is 0 Å². The van der Waals surface area contributed by atoms with Gasteiger partial charge in [0.2, 0.25) is 0 Å². The fourth-order valence-electron chi connectivity index (χ4n) is 2.88. The van der Waals surface area contributed by atoms with Crippen molar-refractivity contribution >= 4 is 17.7 Å². The summed E-state index contributed by atoms with van der Waals surface area (Å²) in [5.74, 6) is -0.817. The molecule has 2 rings (SSSR count). The third-order valence-corrected chi connectivity index (χ3v) is 6.01. The van der Waals surface area contributed by atoms with Crippen LogP contribution < -0.4 is 0 Å². The number of aliphatic carboxylic acids is 1. The van der Waals surface area contributed by atoms with Crippen molar-refractivity contribution in [3.8, 4) is 0 Å².